The average molecular weight is 259 g/mol. The van der Waals surface area contributed by atoms with Crippen LogP contribution in [0.2, 0.25) is 0 Å². The Hall–Kier alpha value is -0.420. The maximum absolute atomic E-state index is 5.79. The number of thioether (sulfide) groups is 1. The van der Waals surface area contributed by atoms with Gasteiger partial charge in [-0.2, -0.15) is 4.37 Å². The Balaban J connectivity index is 2.68. The molecule has 1 aromatic rings. The van der Waals surface area contributed by atoms with Gasteiger partial charge in [-0.05, 0) is 29.1 Å². The fraction of sp³-hybridized carbons (Fsp3) is 0.727. The fourth-order valence-electron chi connectivity index (χ4n) is 1.12. The summed E-state index contributed by atoms with van der Waals surface area (Å²) in [6, 6.07) is 0. The highest BCUT2D eigenvalue weighted by atomic mass is 32.2. The van der Waals surface area contributed by atoms with Crippen molar-refractivity contribution in [2.24, 2.45) is 11.3 Å². The average Bonchev–Trinajstić information content (AvgIpc) is 2.56. The van der Waals surface area contributed by atoms with Crippen molar-refractivity contribution < 1.29 is 0 Å². The highest BCUT2D eigenvalue weighted by Crippen LogP contribution is 2.36. The number of rotatable bonds is 5. The maximum Gasteiger partial charge on any atom is 0.153 e. The molecule has 0 bridgehead atoms. The van der Waals surface area contributed by atoms with Crippen molar-refractivity contribution in [3.05, 3.63) is 0 Å². The second-order valence-corrected chi connectivity index (χ2v) is 6.52. The molecule has 16 heavy (non-hydrogen) atoms. The molecule has 0 aliphatic rings. The smallest absolute Gasteiger partial charge is 0.153 e. The molecule has 0 atom stereocenters. The third-order valence-electron chi connectivity index (χ3n) is 3.15. The lowest BCUT2D eigenvalue weighted by atomic mass is 9.81. The lowest BCUT2D eigenvalue weighted by Gasteiger charge is -2.29. The molecule has 1 rings (SSSR count). The van der Waals surface area contributed by atoms with Gasteiger partial charge in [0.1, 0.15) is 5.00 Å². The molecule has 3 N–H and O–H groups in total. The number of nitrogen functional groups attached to an aromatic ring is 1. The summed E-state index contributed by atoms with van der Waals surface area (Å²) in [6.07, 6.45) is 2.03. The van der Waals surface area contributed by atoms with Gasteiger partial charge in [-0.1, -0.05) is 27.7 Å². The Morgan fingerprint density at radius 1 is 1.50 bits per heavy atom. The molecule has 92 valence electrons. The third-order valence-corrected chi connectivity index (χ3v) is 4.92. The van der Waals surface area contributed by atoms with Gasteiger partial charge in [0.15, 0.2) is 5.82 Å². The predicted molar refractivity (Wildman–Crippen MR) is 75.4 cm³/mol. The maximum atomic E-state index is 5.79. The summed E-state index contributed by atoms with van der Waals surface area (Å²) in [7, 11) is 0. The number of hydrogen-bond acceptors (Lipinski definition) is 5. The first-order valence-corrected chi connectivity index (χ1v) is 7.41. The van der Waals surface area contributed by atoms with Crippen LogP contribution in [0.15, 0.2) is 4.90 Å². The lowest BCUT2D eigenvalue weighted by molar-refractivity contribution is 0.270. The van der Waals surface area contributed by atoms with Crippen LogP contribution in [-0.4, -0.2) is 17.2 Å². The van der Waals surface area contributed by atoms with Crippen molar-refractivity contribution in [2.75, 3.05) is 23.9 Å². The quantitative estimate of drug-likeness (QED) is 0.794. The molecule has 5 heteroatoms. The molecule has 0 saturated heterocycles. The predicted octanol–water partition coefficient (Wildman–Crippen LogP) is 3.54. The van der Waals surface area contributed by atoms with E-state index in [9.17, 15) is 0 Å². The van der Waals surface area contributed by atoms with Gasteiger partial charge >= 0.3 is 0 Å². The lowest BCUT2D eigenvalue weighted by Crippen LogP contribution is -2.28. The summed E-state index contributed by atoms with van der Waals surface area (Å²) in [5.41, 5.74) is 6.06. The van der Waals surface area contributed by atoms with Crippen LogP contribution in [0.4, 0.5) is 10.8 Å². The third kappa shape index (κ3) is 3.04. The Morgan fingerprint density at radius 3 is 2.62 bits per heavy atom. The second-order valence-electron chi connectivity index (χ2n) is 4.93. The van der Waals surface area contributed by atoms with E-state index in [0.717, 1.165) is 16.4 Å². The molecule has 0 radical (unpaired) electrons. The van der Waals surface area contributed by atoms with Crippen molar-refractivity contribution in [3.8, 4) is 0 Å². The number of nitrogens with one attached hydrogen (secondary N) is 1. The van der Waals surface area contributed by atoms with Crippen LogP contribution in [0.25, 0.3) is 0 Å². The first-order valence-electron chi connectivity index (χ1n) is 5.41. The van der Waals surface area contributed by atoms with E-state index in [1.165, 1.54) is 11.5 Å². The molecule has 0 spiro atoms. The van der Waals surface area contributed by atoms with Gasteiger partial charge in [-0.15, -0.1) is 11.8 Å². The van der Waals surface area contributed by atoms with Crippen LogP contribution in [0, 0.1) is 11.3 Å². The first-order chi connectivity index (χ1) is 7.38. The molecule has 0 aromatic carbocycles. The van der Waals surface area contributed by atoms with E-state index in [2.05, 4.69) is 37.4 Å². The van der Waals surface area contributed by atoms with Crippen molar-refractivity contribution >= 4 is 34.1 Å². The topological polar surface area (TPSA) is 50.9 Å². The largest absolute Gasteiger partial charge is 0.382 e. The molecule has 1 aromatic heterocycles. The van der Waals surface area contributed by atoms with Crippen molar-refractivity contribution in [1.29, 1.82) is 0 Å². The van der Waals surface area contributed by atoms with Crippen LogP contribution in [-0.2, 0) is 0 Å². The number of hydrogen-bond donors (Lipinski definition) is 2. The van der Waals surface area contributed by atoms with Crippen LogP contribution >= 0.6 is 23.3 Å². The molecule has 0 amide bonds. The molecular weight excluding hydrogens is 238 g/mol. The Labute approximate surface area is 106 Å². The molecule has 0 aliphatic carbocycles. The Morgan fingerprint density at radius 2 is 2.12 bits per heavy atom. The standard InChI is InChI=1S/C11H21N3S2/c1-7(2)11(3,4)6-13-10-8(15-5)9(12)14-16-10/h7,13H,6H2,1-5H3,(H2,12,14). The van der Waals surface area contributed by atoms with Gasteiger partial charge in [-0.3, -0.25) is 0 Å². The highest BCUT2D eigenvalue weighted by molar-refractivity contribution is 7.99. The van der Waals surface area contributed by atoms with Gasteiger partial charge in [-0.25, -0.2) is 0 Å². The number of aromatic nitrogens is 1. The second kappa shape index (κ2) is 5.27. The highest BCUT2D eigenvalue weighted by Gasteiger charge is 2.23. The Kier molecular flexibility index (Phi) is 4.50. The van der Waals surface area contributed by atoms with Crippen molar-refractivity contribution in [1.82, 2.24) is 4.37 Å². The zero-order valence-electron chi connectivity index (χ0n) is 10.6. The monoisotopic (exact) mass is 259 g/mol. The van der Waals surface area contributed by atoms with Crippen LogP contribution < -0.4 is 11.1 Å². The molecule has 0 unspecified atom stereocenters. The molecule has 1 heterocycles. The summed E-state index contributed by atoms with van der Waals surface area (Å²) in [5.74, 6) is 1.28. The summed E-state index contributed by atoms with van der Waals surface area (Å²) >= 11 is 3.09. The molecule has 3 nitrogen and oxygen atoms in total. The molecular formula is C11H21N3S2. The number of anilines is 2. The first kappa shape index (κ1) is 13.6. The zero-order chi connectivity index (χ0) is 12.3. The summed E-state index contributed by atoms with van der Waals surface area (Å²) in [6.45, 7) is 9.98. The summed E-state index contributed by atoms with van der Waals surface area (Å²) < 4.78 is 4.17. The minimum absolute atomic E-state index is 0.272. The normalized spacial score (nSPS) is 12.1. The zero-order valence-corrected chi connectivity index (χ0v) is 12.3. The Bertz CT molecular complexity index is 345. The SMILES string of the molecule is CSc1c(N)nsc1NCC(C)(C)C(C)C. The minimum Gasteiger partial charge on any atom is -0.382 e. The van der Waals surface area contributed by atoms with Crippen molar-refractivity contribution in [3.63, 3.8) is 0 Å². The van der Waals surface area contributed by atoms with Gasteiger partial charge in [0.2, 0.25) is 0 Å². The fourth-order valence-corrected chi connectivity index (χ4v) is 2.65. The van der Waals surface area contributed by atoms with Crippen molar-refractivity contribution in [2.45, 2.75) is 32.6 Å². The summed E-state index contributed by atoms with van der Waals surface area (Å²) in [5, 5.41) is 4.56. The van der Waals surface area contributed by atoms with E-state index in [0.29, 0.717) is 11.7 Å². The number of nitrogens with two attached hydrogens (primary N) is 1. The summed E-state index contributed by atoms with van der Waals surface area (Å²) in [4.78, 5) is 1.07. The van der Waals surface area contributed by atoms with E-state index >= 15 is 0 Å². The van der Waals surface area contributed by atoms with E-state index in [4.69, 9.17) is 5.73 Å². The van der Waals surface area contributed by atoms with E-state index in [-0.39, 0.29) is 5.41 Å². The van der Waals surface area contributed by atoms with Gasteiger partial charge in [0, 0.05) is 6.54 Å². The van der Waals surface area contributed by atoms with Gasteiger partial charge in [0.05, 0.1) is 4.90 Å². The molecule has 0 saturated carbocycles. The van der Waals surface area contributed by atoms with Crippen LogP contribution in [0.3, 0.4) is 0 Å². The molecule has 0 fully saturated rings. The van der Waals surface area contributed by atoms with Crippen LogP contribution in [0.5, 0.6) is 0 Å². The minimum atomic E-state index is 0.272. The number of nitrogens with zero attached hydrogens (tertiary/aromatic N) is 1. The van der Waals surface area contributed by atoms with E-state index in [1.807, 2.05) is 6.26 Å². The van der Waals surface area contributed by atoms with Gasteiger partial charge < -0.3 is 11.1 Å². The van der Waals surface area contributed by atoms with E-state index < -0.39 is 0 Å². The van der Waals surface area contributed by atoms with Gasteiger partial charge in [0.25, 0.3) is 0 Å². The van der Waals surface area contributed by atoms with E-state index in [1.54, 1.807) is 11.8 Å². The molecule has 0 aliphatic heterocycles. The van der Waals surface area contributed by atoms with Crippen LogP contribution in [0.1, 0.15) is 27.7 Å².